The van der Waals surface area contributed by atoms with Crippen LogP contribution in [0.1, 0.15) is 96.8 Å². The summed E-state index contributed by atoms with van der Waals surface area (Å²) in [7, 11) is 0. The molecule has 0 aliphatic rings. The first-order valence-electron chi connectivity index (χ1n) is 8.05. The molecular weight excluding hydrogens is 232 g/mol. The van der Waals surface area contributed by atoms with Crippen molar-refractivity contribution in [3.05, 3.63) is 17.2 Å². The number of aromatic nitrogens is 2. The number of unbranched alkanes of at least 4 members (excludes halogenated alkanes) is 1. The zero-order chi connectivity index (χ0) is 14.5. The predicted molar refractivity (Wildman–Crippen MR) is 83.8 cm³/mol. The Morgan fingerprint density at radius 2 is 1.84 bits per heavy atom. The van der Waals surface area contributed by atoms with Crippen LogP contribution in [0.2, 0.25) is 0 Å². The number of nitrogens with one attached hydrogen (secondary N) is 1. The second-order valence-electron chi connectivity index (χ2n) is 6.48. The summed E-state index contributed by atoms with van der Waals surface area (Å²) in [5.41, 5.74) is 2.88. The maximum Gasteiger partial charge on any atom is 0.106 e. The summed E-state index contributed by atoms with van der Waals surface area (Å²) in [6.07, 6.45) is 7.14. The number of rotatable bonds is 8. The van der Waals surface area contributed by atoms with Gasteiger partial charge in [-0.25, -0.2) is 4.98 Å². The van der Waals surface area contributed by atoms with Gasteiger partial charge in [0.15, 0.2) is 0 Å². The first kappa shape index (κ1) is 16.3. The third kappa shape index (κ3) is 4.09. The van der Waals surface area contributed by atoms with E-state index in [1.165, 1.54) is 42.9 Å². The molecule has 0 saturated carbocycles. The number of aryl methyl sites for hydroxylation is 1. The Morgan fingerprint density at radius 1 is 1.16 bits per heavy atom. The highest BCUT2D eigenvalue weighted by molar-refractivity contribution is 5.26. The quantitative estimate of drug-likeness (QED) is 0.674. The summed E-state index contributed by atoms with van der Waals surface area (Å²) in [6.45, 7) is 13.7. The molecule has 0 bridgehead atoms. The third-order valence-corrected chi connectivity index (χ3v) is 4.29. The second-order valence-corrected chi connectivity index (χ2v) is 6.48. The molecule has 2 heteroatoms. The van der Waals surface area contributed by atoms with Gasteiger partial charge in [0.05, 0.1) is 5.69 Å². The van der Waals surface area contributed by atoms with E-state index in [2.05, 4.69) is 46.5 Å². The highest BCUT2D eigenvalue weighted by Gasteiger charge is 2.27. The van der Waals surface area contributed by atoms with E-state index in [4.69, 9.17) is 4.98 Å². The van der Waals surface area contributed by atoms with Crippen LogP contribution >= 0.6 is 0 Å². The van der Waals surface area contributed by atoms with Gasteiger partial charge in [-0.3, -0.25) is 0 Å². The number of hydrogen-bond donors (Lipinski definition) is 1. The molecule has 110 valence electrons. The molecule has 0 aromatic carbocycles. The topological polar surface area (TPSA) is 28.7 Å². The lowest BCUT2D eigenvalue weighted by molar-refractivity contribution is 0.479. The Bertz CT molecular complexity index is 377. The molecule has 1 unspecified atom stereocenters. The molecule has 0 aliphatic carbocycles. The molecule has 0 aliphatic heterocycles. The van der Waals surface area contributed by atoms with Crippen LogP contribution in [0, 0.1) is 0 Å². The first-order chi connectivity index (χ1) is 8.96. The fourth-order valence-corrected chi connectivity index (χ4v) is 2.52. The smallest absolute Gasteiger partial charge is 0.106 e. The number of imidazole rings is 1. The largest absolute Gasteiger partial charge is 0.345 e. The van der Waals surface area contributed by atoms with Crippen molar-refractivity contribution in [1.82, 2.24) is 9.97 Å². The van der Waals surface area contributed by atoms with Gasteiger partial charge < -0.3 is 4.98 Å². The summed E-state index contributed by atoms with van der Waals surface area (Å²) in [4.78, 5) is 8.57. The minimum absolute atomic E-state index is 0.179. The van der Waals surface area contributed by atoms with Gasteiger partial charge in [-0.15, -0.1) is 0 Å². The van der Waals surface area contributed by atoms with E-state index in [-0.39, 0.29) is 5.41 Å². The second kappa shape index (κ2) is 7.12. The van der Waals surface area contributed by atoms with Crippen LogP contribution < -0.4 is 0 Å². The minimum Gasteiger partial charge on any atom is -0.345 e. The first-order valence-corrected chi connectivity index (χ1v) is 8.05. The standard InChI is InChI=1S/C17H32N2/c1-7-10-12-14-18-15(13(4)11-8-2)16(19-14)17(5,6)9-3/h13H,7-12H2,1-6H3,(H,18,19). The summed E-state index contributed by atoms with van der Waals surface area (Å²) in [5.74, 6) is 1.78. The molecule has 0 spiro atoms. The molecule has 0 amide bonds. The molecule has 0 fully saturated rings. The molecule has 0 radical (unpaired) electrons. The molecule has 1 N–H and O–H groups in total. The molecule has 1 heterocycles. The van der Waals surface area contributed by atoms with Gasteiger partial charge in [-0.1, -0.05) is 54.4 Å². The summed E-state index contributed by atoms with van der Waals surface area (Å²) in [6, 6.07) is 0. The lowest BCUT2D eigenvalue weighted by Gasteiger charge is -2.23. The van der Waals surface area contributed by atoms with Crippen LogP contribution in [0.25, 0.3) is 0 Å². The monoisotopic (exact) mass is 264 g/mol. The zero-order valence-electron chi connectivity index (χ0n) is 13.8. The van der Waals surface area contributed by atoms with Crippen molar-refractivity contribution in [2.75, 3.05) is 0 Å². The fourth-order valence-electron chi connectivity index (χ4n) is 2.52. The van der Waals surface area contributed by atoms with E-state index in [0.717, 1.165) is 12.8 Å². The highest BCUT2D eigenvalue weighted by Crippen LogP contribution is 2.33. The predicted octanol–water partition coefficient (Wildman–Crippen LogP) is 5.34. The maximum absolute atomic E-state index is 4.94. The molecule has 19 heavy (non-hydrogen) atoms. The van der Waals surface area contributed by atoms with E-state index in [1.54, 1.807) is 0 Å². The van der Waals surface area contributed by atoms with E-state index >= 15 is 0 Å². The normalized spacial score (nSPS) is 13.8. The number of H-pyrrole nitrogens is 1. The van der Waals surface area contributed by atoms with Crippen molar-refractivity contribution in [3.8, 4) is 0 Å². The third-order valence-electron chi connectivity index (χ3n) is 4.29. The van der Waals surface area contributed by atoms with Gasteiger partial charge in [0, 0.05) is 17.5 Å². The SMILES string of the molecule is CCCCc1nc(C(C)(C)CC)c(C(C)CCC)[nH]1. The van der Waals surface area contributed by atoms with Crippen LogP contribution in [0.15, 0.2) is 0 Å². The lowest BCUT2D eigenvalue weighted by Crippen LogP contribution is -2.19. The summed E-state index contributed by atoms with van der Waals surface area (Å²) >= 11 is 0. The van der Waals surface area contributed by atoms with Gasteiger partial charge in [0.25, 0.3) is 0 Å². The van der Waals surface area contributed by atoms with Crippen LogP contribution in [0.5, 0.6) is 0 Å². The molecule has 2 nitrogen and oxygen atoms in total. The maximum atomic E-state index is 4.94. The molecule has 1 atom stereocenters. The minimum atomic E-state index is 0.179. The number of aromatic amines is 1. The van der Waals surface area contributed by atoms with E-state index in [9.17, 15) is 0 Å². The van der Waals surface area contributed by atoms with Gasteiger partial charge in [-0.2, -0.15) is 0 Å². The van der Waals surface area contributed by atoms with E-state index in [0.29, 0.717) is 5.92 Å². The molecule has 1 aromatic rings. The van der Waals surface area contributed by atoms with Crippen LogP contribution in [-0.4, -0.2) is 9.97 Å². The van der Waals surface area contributed by atoms with Crippen molar-refractivity contribution in [2.24, 2.45) is 0 Å². The van der Waals surface area contributed by atoms with Crippen molar-refractivity contribution in [1.29, 1.82) is 0 Å². The summed E-state index contributed by atoms with van der Waals surface area (Å²) < 4.78 is 0. The van der Waals surface area contributed by atoms with Gasteiger partial charge in [0.2, 0.25) is 0 Å². The molecule has 1 aromatic heterocycles. The van der Waals surface area contributed by atoms with Crippen molar-refractivity contribution >= 4 is 0 Å². The van der Waals surface area contributed by atoms with E-state index < -0.39 is 0 Å². The average Bonchev–Trinajstić information content (AvgIpc) is 2.81. The van der Waals surface area contributed by atoms with Crippen LogP contribution in [0.3, 0.4) is 0 Å². The Morgan fingerprint density at radius 3 is 2.37 bits per heavy atom. The van der Waals surface area contributed by atoms with Gasteiger partial charge >= 0.3 is 0 Å². The van der Waals surface area contributed by atoms with Crippen molar-refractivity contribution < 1.29 is 0 Å². The highest BCUT2D eigenvalue weighted by atomic mass is 14.9. The van der Waals surface area contributed by atoms with Gasteiger partial charge in [-0.05, 0) is 25.2 Å². The lowest BCUT2D eigenvalue weighted by atomic mass is 9.82. The Balaban J connectivity index is 3.07. The fraction of sp³-hybridized carbons (Fsp3) is 0.824. The zero-order valence-corrected chi connectivity index (χ0v) is 13.8. The number of hydrogen-bond acceptors (Lipinski definition) is 1. The van der Waals surface area contributed by atoms with E-state index in [1.807, 2.05) is 0 Å². The number of nitrogens with zero attached hydrogens (tertiary/aromatic N) is 1. The molecule has 1 rings (SSSR count). The van der Waals surface area contributed by atoms with Crippen molar-refractivity contribution in [2.45, 2.75) is 91.4 Å². The summed E-state index contributed by atoms with van der Waals surface area (Å²) in [5, 5.41) is 0. The van der Waals surface area contributed by atoms with Crippen molar-refractivity contribution in [3.63, 3.8) is 0 Å². The molecule has 0 saturated heterocycles. The average molecular weight is 264 g/mol. The van der Waals surface area contributed by atoms with Crippen LogP contribution in [0.4, 0.5) is 0 Å². The Hall–Kier alpha value is -0.790. The van der Waals surface area contributed by atoms with Crippen LogP contribution in [-0.2, 0) is 11.8 Å². The Kier molecular flexibility index (Phi) is 6.09. The Labute approximate surface area is 119 Å². The molecular formula is C17H32N2. The van der Waals surface area contributed by atoms with Gasteiger partial charge in [0.1, 0.15) is 5.82 Å².